The molecule has 2 aromatic heterocycles. The average molecular weight is 379 g/mol. The molecule has 0 bridgehead atoms. The van der Waals surface area contributed by atoms with E-state index >= 15 is 0 Å². The predicted octanol–water partition coefficient (Wildman–Crippen LogP) is 3.92. The largest absolute Gasteiger partial charge is 0.260 e. The molecule has 0 atom stereocenters. The molecule has 0 radical (unpaired) electrons. The van der Waals surface area contributed by atoms with E-state index in [-0.39, 0.29) is 5.82 Å². The van der Waals surface area contributed by atoms with Crippen LogP contribution in [0.15, 0.2) is 41.5 Å². The van der Waals surface area contributed by atoms with Crippen LogP contribution in [0.3, 0.4) is 0 Å². The van der Waals surface area contributed by atoms with Gasteiger partial charge < -0.3 is 0 Å². The third-order valence-corrected chi connectivity index (χ3v) is 3.96. The molecule has 9 heteroatoms. The van der Waals surface area contributed by atoms with Gasteiger partial charge in [0, 0.05) is 0 Å². The summed E-state index contributed by atoms with van der Waals surface area (Å²) in [5.74, 6) is 0.170. The summed E-state index contributed by atoms with van der Waals surface area (Å²) in [6.45, 7) is 2.26. The highest BCUT2D eigenvalue weighted by Gasteiger charge is 2.12. The Morgan fingerprint density at radius 1 is 1.16 bits per heavy atom. The molecule has 3 rings (SSSR count). The zero-order chi connectivity index (χ0) is 17.8. The number of benzene rings is 1. The first-order valence-corrected chi connectivity index (χ1v) is 8.04. The fourth-order valence-electron chi connectivity index (χ4n) is 2.12. The van der Waals surface area contributed by atoms with Crippen LogP contribution in [0.5, 0.6) is 0 Å². The number of aryl methyl sites for hydroxylation is 1. The van der Waals surface area contributed by atoms with E-state index in [0.29, 0.717) is 28.2 Å². The van der Waals surface area contributed by atoms with Crippen LogP contribution in [0.1, 0.15) is 16.8 Å². The third kappa shape index (κ3) is 4.32. The van der Waals surface area contributed by atoms with Crippen molar-refractivity contribution in [2.45, 2.75) is 13.5 Å². The van der Waals surface area contributed by atoms with Crippen LogP contribution in [-0.4, -0.2) is 26.2 Å². The zero-order valence-electron chi connectivity index (χ0n) is 13.1. The van der Waals surface area contributed by atoms with Crippen LogP contribution >= 0.6 is 23.2 Å². The van der Waals surface area contributed by atoms with E-state index in [0.717, 1.165) is 11.3 Å². The van der Waals surface area contributed by atoms with E-state index < -0.39 is 0 Å². The molecule has 0 aliphatic rings. The highest BCUT2D eigenvalue weighted by atomic mass is 35.5. The molecular weight excluding hydrogens is 366 g/mol. The van der Waals surface area contributed by atoms with E-state index in [1.807, 2.05) is 6.92 Å². The van der Waals surface area contributed by atoms with Gasteiger partial charge in [-0.2, -0.15) is 10.2 Å². The van der Waals surface area contributed by atoms with Crippen molar-refractivity contribution >= 4 is 35.2 Å². The molecule has 0 saturated heterocycles. The fraction of sp³-hybridized carbons (Fsp3) is 0.125. The summed E-state index contributed by atoms with van der Waals surface area (Å²) in [7, 11) is 0. The molecular formula is C16H13Cl2FN6. The number of hydrogen-bond donors (Lipinski definition) is 1. The molecule has 0 aliphatic heterocycles. The quantitative estimate of drug-likeness (QED) is 0.539. The van der Waals surface area contributed by atoms with Crippen molar-refractivity contribution < 1.29 is 4.39 Å². The number of nitrogens with zero attached hydrogens (tertiary/aromatic N) is 5. The number of hydrazone groups is 1. The minimum atomic E-state index is -0.282. The summed E-state index contributed by atoms with van der Waals surface area (Å²) in [5, 5.41) is 16.8. The molecule has 6 nitrogen and oxygen atoms in total. The Hall–Kier alpha value is -2.51. The van der Waals surface area contributed by atoms with Gasteiger partial charge in [-0.25, -0.2) is 9.07 Å². The number of aromatic nitrogens is 4. The van der Waals surface area contributed by atoms with Crippen molar-refractivity contribution in [2.75, 3.05) is 5.43 Å². The van der Waals surface area contributed by atoms with Gasteiger partial charge in [-0.05, 0) is 36.8 Å². The summed E-state index contributed by atoms with van der Waals surface area (Å²) in [4.78, 5) is 0. The molecule has 0 saturated carbocycles. The Bertz CT molecular complexity index is 890. The van der Waals surface area contributed by atoms with E-state index in [4.69, 9.17) is 23.2 Å². The lowest BCUT2D eigenvalue weighted by molar-refractivity contribution is 0.624. The highest BCUT2D eigenvalue weighted by molar-refractivity contribution is 6.32. The smallest absolute Gasteiger partial charge is 0.168 e. The fourth-order valence-corrected chi connectivity index (χ4v) is 2.50. The zero-order valence-corrected chi connectivity index (χ0v) is 14.6. The lowest BCUT2D eigenvalue weighted by atomic mass is 10.2. The Morgan fingerprint density at radius 2 is 1.92 bits per heavy atom. The van der Waals surface area contributed by atoms with Crippen LogP contribution < -0.4 is 5.43 Å². The SMILES string of the molecule is Cc1nn(Cc2ccc(F)cc2)c(Cl)c1/C=N/Nc1ccc(Cl)nn1. The second-order valence-corrected chi connectivity index (χ2v) is 5.93. The van der Waals surface area contributed by atoms with Crippen molar-refractivity contribution in [3.63, 3.8) is 0 Å². The lowest BCUT2D eigenvalue weighted by Crippen LogP contribution is -2.02. The van der Waals surface area contributed by atoms with E-state index in [1.165, 1.54) is 12.1 Å². The standard InChI is InChI=1S/C16H13Cl2FN6/c1-10-13(8-20-22-15-7-6-14(17)21-23-15)16(18)25(24-10)9-11-2-4-12(19)5-3-11/h2-8H,9H2,1H3,(H,22,23)/b20-8+. The maximum absolute atomic E-state index is 13.0. The maximum Gasteiger partial charge on any atom is 0.168 e. The van der Waals surface area contributed by atoms with Crippen molar-refractivity contribution in [3.05, 3.63) is 69.3 Å². The van der Waals surface area contributed by atoms with Gasteiger partial charge in [0.1, 0.15) is 11.0 Å². The normalized spacial score (nSPS) is 11.2. The van der Waals surface area contributed by atoms with E-state index in [9.17, 15) is 4.39 Å². The van der Waals surface area contributed by atoms with Crippen LogP contribution in [0.4, 0.5) is 10.2 Å². The highest BCUT2D eigenvalue weighted by Crippen LogP contribution is 2.19. The molecule has 0 aliphatic carbocycles. The molecule has 0 spiro atoms. The minimum absolute atomic E-state index is 0.282. The average Bonchev–Trinajstić information content (AvgIpc) is 2.86. The van der Waals surface area contributed by atoms with Gasteiger partial charge in [0.15, 0.2) is 11.0 Å². The first-order valence-electron chi connectivity index (χ1n) is 7.28. The first-order chi connectivity index (χ1) is 12.0. The van der Waals surface area contributed by atoms with Crippen molar-refractivity contribution in [1.82, 2.24) is 20.0 Å². The van der Waals surface area contributed by atoms with Crippen molar-refractivity contribution in [2.24, 2.45) is 5.10 Å². The summed E-state index contributed by atoms with van der Waals surface area (Å²) in [6, 6.07) is 9.44. The van der Waals surface area contributed by atoms with Crippen molar-refractivity contribution in [1.29, 1.82) is 0 Å². The van der Waals surface area contributed by atoms with Gasteiger partial charge >= 0.3 is 0 Å². The van der Waals surface area contributed by atoms with Crippen LogP contribution in [0.25, 0.3) is 0 Å². The Balaban J connectivity index is 1.73. The molecule has 0 fully saturated rings. The van der Waals surface area contributed by atoms with Gasteiger partial charge in [-0.3, -0.25) is 5.43 Å². The van der Waals surface area contributed by atoms with Gasteiger partial charge in [-0.1, -0.05) is 35.3 Å². The number of nitrogens with one attached hydrogen (secondary N) is 1. The second-order valence-electron chi connectivity index (χ2n) is 5.19. The van der Waals surface area contributed by atoms with Crippen LogP contribution in [0.2, 0.25) is 10.3 Å². The maximum atomic E-state index is 13.0. The molecule has 25 heavy (non-hydrogen) atoms. The summed E-state index contributed by atoms with van der Waals surface area (Å²) < 4.78 is 14.6. The molecule has 0 unspecified atom stereocenters. The molecule has 128 valence electrons. The lowest BCUT2D eigenvalue weighted by Gasteiger charge is -2.03. The van der Waals surface area contributed by atoms with Gasteiger partial charge in [-0.15, -0.1) is 10.2 Å². The number of rotatable bonds is 5. The first kappa shape index (κ1) is 17.3. The molecule has 0 amide bonds. The monoisotopic (exact) mass is 378 g/mol. The second kappa shape index (κ2) is 7.58. The summed E-state index contributed by atoms with van der Waals surface area (Å²) >= 11 is 12.0. The van der Waals surface area contributed by atoms with Crippen LogP contribution in [-0.2, 0) is 6.54 Å². The van der Waals surface area contributed by atoms with Gasteiger partial charge in [0.2, 0.25) is 0 Å². The molecule has 1 N–H and O–H groups in total. The van der Waals surface area contributed by atoms with Gasteiger partial charge in [0.05, 0.1) is 24.0 Å². The predicted molar refractivity (Wildman–Crippen MR) is 95.7 cm³/mol. The van der Waals surface area contributed by atoms with E-state index in [2.05, 4.69) is 25.8 Å². The molecule has 1 aromatic carbocycles. The molecule has 3 aromatic rings. The van der Waals surface area contributed by atoms with E-state index in [1.54, 1.807) is 35.2 Å². The minimum Gasteiger partial charge on any atom is -0.260 e. The third-order valence-electron chi connectivity index (χ3n) is 3.36. The summed E-state index contributed by atoms with van der Waals surface area (Å²) in [5.41, 5.74) is 5.03. The molecule has 2 heterocycles. The van der Waals surface area contributed by atoms with Gasteiger partial charge in [0.25, 0.3) is 0 Å². The summed E-state index contributed by atoms with van der Waals surface area (Å²) in [6.07, 6.45) is 1.56. The Labute approximate surface area is 153 Å². The van der Waals surface area contributed by atoms with Crippen molar-refractivity contribution in [3.8, 4) is 0 Å². The Morgan fingerprint density at radius 3 is 2.60 bits per heavy atom. The number of anilines is 1. The Kier molecular flexibility index (Phi) is 5.25. The van der Waals surface area contributed by atoms with Crippen LogP contribution in [0, 0.1) is 12.7 Å². The number of halogens is 3. The topological polar surface area (TPSA) is 68.0 Å². The number of hydrogen-bond acceptors (Lipinski definition) is 5.